The minimum atomic E-state index is 0.256. The Morgan fingerprint density at radius 2 is 2.11 bits per heavy atom. The Hall–Kier alpha value is -1.63. The van der Waals surface area contributed by atoms with Gasteiger partial charge in [-0.1, -0.05) is 24.3 Å². The normalized spacial score (nSPS) is 11.8. The van der Waals surface area contributed by atoms with Gasteiger partial charge >= 0.3 is 0 Å². The van der Waals surface area contributed by atoms with E-state index in [0.29, 0.717) is 18.8 Å². The molecular formula is C15H20N2O. The quantitative estimate of drug-likeness (QED) is 0.592. The standard InChI is InChI=1S/C15H20N2O/c1-12(2)11-18-9-8-17-13(3)15-6-4-14(10-16)5-7-15/h4-7,13,17H,1,8-9,11H2,2-3H3. The first-order chi connectivity index (χ1) is 8.63. The van der Waals surface area contributed by atoms with E-state index < -0.39 is 0 Å². The third kappa shape index (κ3) is 5.13. The maximum atomic E-state index is 8.72. The van der Waals surface area contributed by atoms with Crippen molar-refractivity contribution in [3.63, 3.8) is 0 Å². The van der Waals surface area contributed by atoms with Crippen LogP contribution in [-0.4, -0.2) is 19.8 Å². The Labute approximate surface area is 109 Å². The molecule has 3 heteroatoms. The van der Waals surface area contributed by atoms with Gasteiger partial charge < -0.3 is 10.1 Å². The monoisotopic (exact) mass is 244 g/mol. The average Bonchev–Trinajstić information content (AvgIpc) is 2.38. The summed E-state index contributed by atoms with van der Waals surface area (Å²) in [6, 6.07) is 10.0. The van der Waals surface area contributed by atoms with Crippen molar-refractivity contribution in [2.24, 2.45) is 0 Å². The van der Waals surface area contributed by atoms with E-state index in [1.165, 1.54) is 5.56 Å². The van der Waals surface area contributed by atoms with Crippen molar-refractivity contribution in [2.45, 2.75) is 19.9 Å². The first-order valence-corrected chi connectivity index (χ1v) is 6.09. The highest BCUT2D eigenvalue weighted by Crippen LogP contribution is 2.12. The van der Waals surface area contributed by atoms with Crippen LogP contribution in [0.5, 0.6) is 0 Å². The summed E-state index contributed by atoms with van der Waals surface area (Å²) in [5.41, 5.74) is 2.90. The first-order valence-electron chi connectivity index (χ1n) is 6.09. The second kappa shape index (κ2) is 7.65. The van der Waals surface area contributed by atoms with Gasteiger partial charge in [-0.15, -0.1) is 0 Å². The van der Waals surface area contributed by atoms with Crippen molar-refractivity contribution in [2.75, 3.05) is 19.8 Å². The van der Waals surface area contributed by atoms with Gasteiger partial charge in [0.05, 0.1) is 24.8 Å². The van der Waals surface area contributed by atoms with Gasteiger partial charge in [0.2, 0.25) is 0 Å². The molecule has 0 aliphatic heterocycles. The third-order valence-electron chi connectivity index (χ3n) is 2.59. The van der Waals surface area contributed by atoms with Gasteiger partial charge in [0.15, 0.2) is 0 Å². The summed E-state index contributed by atoms with van der Waals surface area (Å²) in [5, 5.41) is 12.1. The van der Waals surface area contributed by atoms with Gasteiger partial charge in [-0.2, -0.15) is 5.26 Å². The van der Waals surface area contributed by atoms with Crippen LogP contribution < -0.4 is 5.32 Å². The molecule has 1 N–H and O–H groups in total. The van der Waals surface area contributed by atoms with Gasteiger partial charge in [0, 0.05) is 12.6 Å². The van der Waals surface area contributed by atoms with Crippen LogP contribution in [0, 0.1) is 11.3 Å². The van der Waals surface area contributed by atoms with Crippen molar-refractivity contribution in [3.05, 3.63) is 47.5 Å². The zero-order valence-corrected chi connectivity index (χ0v) is 11.1. The SMILES string of the molecule is C=C(C)COCCNC(C)c1ccc(C#N)cc1. The highest BCUT2D eigenvalue weighted by molar-refractivity contribution is 5.32. The number of hydrogen-bond donors (Lipinski definition) is 1. The molecule has 0 saturated carbocycles. The summed E-state index contributed by atoms with van der Waals surface area (Å²) >= 11 is 0. The molecule has 0 saturated heterocycles. The fourth-order valence-electron chi connectivity index (χ4n) is 1.56. The molecule has 0 bridgehead atoms. The van der Waals surface area contributed by atoms with E-state index in [-0.39, 0.29) is 6.04 Å². The maximum absolute atomic E-state index is 8.72. The van der Waals surface area contributed by atoms with E-state index in [1.54, 1.807) is 0 Å². The van der Waals surface area contributed by atoms with Crippen LogP contribution in [0.4, 0.5) is 0 Å². The van der Waals surface area contributed by atoms with Gasteiger partial charge in [0.1, 0.15) is 0 Å². The number of nitrogens with one attached hydrogen (secondary N) is 1. The number of hydrogen-bond acceptors (Lipinski definition) is 3. The highest BCUT2D eigenvalue weighted by Gasteiger charge is 2.03. The second-order valence-electron chi connectivity index (χ2n) is 4.42. The Bertz CT molecular complexity index is 417. The largest absolute Gasteiger partial charge is 0.376 e. The van der Waals surface area contributed by atoms with E-state index in [4.69, 9.17) is 10.00 Å². The zero-order chi connectivity index (χ0) is 13.4. The molecule has 0 aliphatic carbocycles. The fraction of sp³-hybridized carbons (Fsp3) is 0.400. The lowest BCUT2D eigenvalue weighted by Gasteiger charge is -2.14. The topological polar surface area (TPSA) is 45.0 Å². The van der Waals surface area contributed by atoms with E-state index >= 15 is 0 Å². The minimum absolute atomic E-state index is 0.256. The molecule has 0 radical (unpaired) electrons. The van der Waals surface area contributed by atoms with Crippen LogP contribution in [0.15, 0.2) is 36.4 Å². The van der Waals surface area contributed by atoms with Crippen LogP contribution >= 0.6 is 0 Å². The number of rotatable bonds is 7. The van der Waals surface area contributed by atoms with Crippen molar-refractivity contribution < 1.29 is 4.74 Å². The molecule has 1 aromatic carbocycles. The average molecular weight is 244 g/mol. The lowest BCUT2D eigenvalue weighted by atomic mass is 10.1. The lowest BCUT2D eigenvalue weighted by molar-refractivity contribution is 0.156. The number of nitrogens with zero attached hydrogens (tertiary/aromatic N) is 1. The van der Waals surface area contributed by atoms with E-state index in [1.807, 2.05) is 31.2 Å². The molecule has 1 aromatic rings. The zero-order valence-electron chi connectivity index (χ0n) is 11.1. The molecule has 0 amide bonds. The fourth-order valence-corrected chi connectivity index (χ4v) is 1.56. The molecule has 96 valence electrons. The molecule has 18 heavy (non-hydrogen) atoms. The Balaban J connectivity index is 2.29. The molecule has 1 atom stereocenters. The number of benzene rings is 1. The molecule has 1 unspecified atom stereocenters. The minimum Gasteiger partial charge on any atom is -0.376 e. The van der Waals surface area contributed by atoms with Crippen molar-refractivity contribution in [1.82, 2.24) is 5.32 Å². The van der Waals surface area contributed by atoms with Crippen LogP contribution in [-0.2, 0) is 4.74 Å². The van der Waals surface area contributed by atoms with Crippen LogP contribution in [0.3, 0.4) is 0 Å². The molecule has 3 nitrogen and oxygen atoms in total. The molecule has 0 fully saturated rings. The second-order valence-corrected chi connectivity index (χ2v) is 4.42. The molecule has 0 aliphatic rings. The molecular weight excluding hydrogens is 224 g/mol. The third-order valence-corrected chi connectivity index (χ3v) is 2.59. The van der Waals surface area contributed by atoms with Crippen LogP contribution in [0.2, 0.25) is 0 Å². The smallest absolute Gasteiger partial charge is 0.0991 e. The summed E-state index contributed by atoms with van der Waals surface area (Å²) < 4.78 is 5.41. The van der Waals surface area contributed by atoms with Crippen molar-refractivity contribution >= 4 is 0 Å². The highest BCUT2D eigenvalue weighted by atomic mass is 16.5. The summed E-state index contributed by atoms with van der Waals surface area (Å²) in [6.45, 7) is 9.92. The van der Waals surface area contributed by atoms with Crippen molar-refractivity contribution in [1.29, 1.82) is 5.26 Å². The lowest BCUT2D eigenvalue weighted by Crippen LogP contribution is -2.23. The van der Waals surface area contributed by atoms with E-state index in [2.05, 4.69) is 24.9 Å². The number of ether oxygens (including phenoxy) is 1. The molecule has 1 rings (SSSR count). The predicted octanol–water partition coefficient (Wildman–Crippen LogP) is 2.80. The van der Waals surface area contributed by atoms with Gasteiger partial charge in [0.25, 0.3) is 0 Å². The number of nitriles is 1. The molecule has 0 aromatic heterocycles. The van der Waals surface area contributed by atoms with Gasteiger partial charge in [-0.05, 0) is 31.5 Å². The summed E-state index contributed by atoms with van der Waals surface area (Å²) in [6.07, 6.45) is 0. The Morgan fingerprint density at radius 1 is 1.44 bits per heavy atom. The Kier molecular flexibility index (Phi) is 6.13. The molecule has 0 heterocycles. The van der Waals surface area contributed by atoms with Crippen molar-refractivity contribution in [3.8, 4) is 6.07 Å². The van der Waals surface area contributed by atoms with E-state index in [9.17, 15) is 0 Å². The molecule has 0 spiro atoms. The van der Waals surface area contributed by atoms with E-state index in [0.717, 1.165) is 12.1 Å². The van der Waals surface area contributed by atoms with Crippen LogP contribution in [0.25, 0.3) is 0 Å². The first kappa shape index (κ1) is 14.4. The van der Waals surface area contributed by atoms with Gasteiger partial charge in [-0.25, -0.2) is 0 Å². The summed E-state index contributed by atoms with van der Waals surface area (Å²) in [4.78, 5) is 0. The maximum Gasteiger partial charge on any atom is 0.0991 e. The van der Waals surface area contributed by atoms with Gasteiger partial charge in [-0.3, -0.25) is 0 Å². The Morgan fingerprint density at radius 3 is 2.67 bits per heavy atom. The van der Waals surface area contributed by atoms with Crippen LogP contribution in [0.1, 0.15) is 31.0 Å². The predicted molar refractivity (Wildman–Crippen MR) is 73.2 cm³/mol. The summed E-state index contributed by atoms with van der Waals surface area (Å²) in [5.74, 6) is 0. The summed E-state index contributed by atoms with van der Waals surface area (Å²) in [7, 11) is 0.